The second-order valence-electron chi connectivity index (χ2n) is 7.03. The van der Waals surface area contributed by atoms with Gasteiger partial charge in [-0.15, -0.1) is 0 Å². The molecule has 4 nitrogen and oxygen atoms in total. The van der Waals surface area contributed by atoms with Crippen molar-refractivity contribution in [2.45, 2.75) is 19.0 Å². The lowest BCUT2D eigenvalue weighted by Crippen LogP contribution is -2.30. The molecule has 0 bridgehead atoms. The standard InChI is InChI=1S/C25H23N3O/c29-25(23-14-12-21(13-15-23)19-28-17-7-16-26-28)27-24(22-10-5-2-6-11-22)18-20-8-3-1-4-9-20/h1-17,24H,18-19H2,(H,27,29)/t24-/m1/s1. The number of nitrogens with zero attached hydrogens (tertiary/aromatic N) is 2. The predicted octanol–water partition coefficient (Wildman–Crippen LogP) is 4.65. The van der Waals surface area contributed by atoms with Gasteiger partial charge in [0.15, 0.2) is 0 Å². The van der Waals surface area contributed by atoms with Crippen LogP contribution in [0.4, 0.5) is 0 Å². The molecule has 0 saturated carbocycles. The highest BCUT2D eigenvalue weighted by molar-refractivity contribution is 5.94. The SMILES string of the molecule is O=C(N[C@H](Cc1ccccc1)c1ccccc1)c1ccc(Cn2cccn2)cc1. The Hall–Kier alpha value is -3.66. The molecule has 4 aromatic rings. The maximum Gasteiger partial charge on any atom is 0.251 e. The highest BCUT2D eigenvalue weighted by Crippen LogP contribution is 2.19. The number of hydrogen-bond donors (Lipinski definition) is 1. The van der Waals surface area contributed by atoms with E-state index in [1.54, 1.807) is 6.20 Å². The monoisotopic (exact) mass is 381 g/mol. The summed E-state index contributed by atoms with van der Waals surface area (Å²) >= 11 is 0. The molecule has 1 atom stereocenters. The Balaban J connectivity index is 1.48. The first kappa shape index (κ1) is 18.7. The van der Waals surface area contributed by atoms with Gasteiger partial charge in [-0.2, -0.15) is 5.10 Å². The van der Waals surface area contributed by atoms with Crippen molar-refractivity contribution in [1.82, 2.24) is 15.1 Å². The van der Waals surface area contributed by atoms with Gasteiger partial charge < -0.3 is 5.32 Å². The second kappa shape index (κ2) is 9.02. The van der Waals surface area contributed by atoms with Crippen molar-refractivity contribution in [3.05, 3.63) is 126 Å². The topological polar surface area (TPSA) is 46.9 Å². The minimum absolute atomic E-state index is 0.0691. The lowest BCUT2D eigenvalue weighted by Gasteiger charge is -2.20. The van der Waals surface area contributed by atoms with Crippen LogP contribution >= 0.6 is 0 Å². The van der Waals surface area contributed by atoms with Crippen molar-refractivity contribution in [2.24, 2.45) is 0 Å². The van der Waals surface area contributed by atoms with Gasteiger partial charge in [-0.3, -0.25) is 9.48 Å². The van der Waals surface area contributed by atoms with Crippen LogP contribution in [0, 0.1) is 0 Å². The number of hydrogen-bond acceptors (Lipinski definition) is 2. The van der Waals surface area contributed by atoms with Crippen LogP contribution in [0.5, 0.6) is 0 Å². The first-order valence-electron chi connectivity index (χ1n) is 9.74. The molecular weight excluding hydrogens is 358 g/mol. The molecule has 1 heterocycles. The minimum Gasteiger partial charge on any atom is -0.345 e. The molecule has 0 aliphatic rings. The molecule has 29 heavy (non-hydrogen) atoms. The van der Waals surface area contributed by atoms with Gasteiger partial charge in [0.1, 0.15) is 0 Å². The van der Waals surface area contributed by atoms with Gasteiger partial charge in [0.2, 0.25) is 0 Å². The highest BCUT2D eigenvalue weighted by atomic mass is 16.1. The summed E-state index contributed by atoms with van der Waals surface area (Å²) in [6.07, 6.45) is 4.43. The molecule has 0 aliphatic heterocycles. The maximum absolute atomic E-state index is 12.9. The normalized spacial score (nSPS) is 11.7. The van der Waals surface area contributed by atoms with Crippen molar-refractivity contribution >= 4 is 5.91 Å². The smallest absolute Gasteiger partial charge is 0.251 e. The summed E-state index contributed by atoms with van der Waals surface area (Å²) in [5.74, 6) is -0.0691. The van der Waals surface area contributed by atoms with Crippen LogP contribution in [0.2, 0.25) is 0 Å². The van der Waals surface area contributed by atoms with Gasteiger partial charge >= 0.3 is 0 Å². The molecule has 144 valence electrons. The predicted molar refractivity (Wildman–Crippen MR) is 115 cm³/mol. The molecule has 1 aromatic heterocycles. The van der Waals surface area contributed by atoms with Crippen LogP contribution in [0.3, 0.4) is 0 Å². The van der Waals surface area contributed by atoms with Crippen molar-refractivity contribution < 1.29 is 4.79 Å². The minimum atomic E-state index is -0.0881. The average Bonchev–Trinajstić information content (AvgIpc) is 3.28. The van der Waals surface area contributed by atoms with Crippen LogP contribution in [-0.2, 0) is 13.0 Å². The number of carbonyl (C=O) groups excluding carboxylic acids is 1. The summed E-state index contributed by atoms with van der Waals surface area (Å²) < 4.78 is 1.86. The zero-order chi connectivity index (χ0) is 19.9. The van der Waals surface area contributed by atoms with E-state index in [-0.39, 0.29) is 11.9 Å². The van der Waals surface area contributed by atoms with Crippen LogP contribution in [0.1, 0.15) is 33.1 Å². The molecule has 0 aliphatic carbocycles. The third kappa shape index (κ3) is 4.99. The molecule has 0 unspecified atom stereocenters. The van der Waals surface area contributed by atoms with E-state index < -0.39 is 0 Å². The van der Waals surface area contributed by atoms with Gasteiger partial charge in [0, 0.05) is 18.0 Å². The molecule has 0 radical (unpaired) electrons. The fourth-order valence-corrected chi connectivity index (χ4v) is 3.37. The summed E-state index contributed by atoms with van der Waals surface area (Å²) in [5.41, 5.74) is 4.05. The van der Waals surface area contributed by atoms with Gasteiger partial charge in [-0.1, -0.05) is 72.8 Å². The van der Waals surface area contributed by atoms with Gasteiger partial charge in [0.25, 0.3) is 5.91 Å². The highest BCUT2D eigenvalue weighted by Gasteiger charge is 2.16. The fourth-order valence-electron chi connectivity index (χ4n) is 3.37. The van der Waals surface area contributed by atoms with Crippen LogP contribution in [0.25, 0.3) is 0 Å². The number of rotatable bonds is 7. The van der Waals surface area contributed by atoms with Gasteiger partial charge in [0.05, 0.1) is 12.6 Å². The summed E-state index contributed by atoms with van der Waals surface area (Å²) in [5, 5.41) is 7.43. The van der Waals surface area contributed by atoms with Gasteiger partial charge in [-0.05, 0) is 41.3 Å². The first-order chi connectivity index (χ1) is 14.3. The molecular formula is C25H23N3O. The van der Waals surface area contributed by atoms with Gasteiger partial charge in [-0.25, -0.2) is 0 Å². The van der Waals surface area contributed by atoms with E-state index in [0.717, 1.165) is 17.5 Å². The summed E-state index contributed by atoms with van der Waals surface area (Å²) in [6, 6.07) is 29.9. The molecule has 0 fully saturated rings. The van der Waals surface area contributed by atoms with E-state index in [1.165, 1.54) is 5.56 Å². The van der Waals surface area contributed by atoms with Crippen molar-refractivity contribution in [3.8, 4) is 0 Å². The number of amides is 1. The van der Waals surface area contributed by atoms with E-state index in [0.29, 0.717) is 12.1 Å². The van der Waals surface area contributed by atoms with E-state index >= 15 is 0 Å². The molecule has 4 heteroatoms. The summed E-state index contributed by atoms with van der Waals surface area (Å²) in [6.45, 7) is 0.690. The quantitative estimate of drug-likeness (QED) is 0.507. The molecule has 0 saturated heterocycles. The van der Waals surface area contributed by atoms with Crippen molar-refractivity contribution in [3.63, 3.8) is 0 Å². The van der Waals surface area contributed by atoms with Crippen LogP contribution in [0.15, 0.2) is 103 Å². The number of carbonyl (C=O) groups is 1. The first-order valence-corrected chi connectivity index (χ1v) is 9.74. The Morgan fingerprint density at radius 1 is 0.828 bits per heavy atom. The Morgan fingerprint density at radius 2 is 1.52 bits per heavy atom. The van der Waals surface area contributed by atoms with E-state index in [1.807, 2.05) is 77.6 Å². The van der Waals surface area contributed by atoms with E-state index in [2.05, 4.69) is 34.7 Å². The van der Waals surface area contributed by atoms with E-state index in [4.69, 9.17) is 0 Å². The van der Waals surface area contributed by atoms with E-state index in [9.17, 15) is 4.79 Å². The Kier molecular flexibility index (Phi) is 5.81. The summed E-state index contributed by atoms with van der Waals surface area (Å²) in [4.78, 5) is 12.9. The number of nitrogens with one attached hydrogen (secondary N) is 1. The number of aromatic nitrogens is 2. The van der Waals surface area contributed by atoms with Crippen molar-refractivity contribution in [2.75, 3.05) is 0 Å². The maximum atomic E-state index is 12.9. The molecule has 3 aromatic carbocycles. The Morgan fingerprint density at radius 3 is 2.17 bits per heavy atom. The van der Waals surface area contributed by atoms with Crippen molar-refractivity contribution in [1.29, 1.82) is 0 Å². The average molecular weight is 381 g/mol. The Labute approximate surface area is 170 Å². The number of benzene rings is 3. The molecule has 4 rings (SSSR count). The largest absolute Gasteiger partial charge is 0.345 e. The Bertz CT molecular complexity index is 1030. The van der Waals surface area contributed by atoms with Crippen LogP contribution < -0.4 is 5.32 Å². The molecule has 1 N–H and O–H groups in total. The second-order valence-corrected chi connectivity index (χ2v) is 7.03. The zero-order valence-corrected chi connectivity index (χ0v) is 16.1. The van der Waals surface area contributed by atoms with Crippen LogP contribution in [-0.4, -0.2) is 15.7 Å². The third-order valence-corrected chi connectivity index (χ3v) is 4.91. The molecule has 1 amide bonds. The lowest BCUT2D eigenvalue weighted by atomic mass is 9.98. The molecule has 0 spiro atoms. The zero-order valence-electron chi connectivity index (χ0n) is 16.1. The fraction of sp³-hybridized carbons (Fsp3) is 0.120. The third-order valence-electron chi connectivity index (χ3n) is 4.91. The summed E-state index contributed by atoms with van der Waals surface area (Å²) in [7, 11) is 0. The lowest BCUT2D eigenvalue weighted by molar-refractivity contribution is 0.0936.